The molecule has 0 bridgehead atoms. The number of aliphatic hydroxyl groups is 1. The maximum Gasteiger partial charge on any atom is 0.0778 e. The lowest BCUT2D eigenvalue weighted by Crippen LogP contribution is -2.23. The van der Waals surface area contributed by atoms with Crippen LogP contribution in [0.15, 0.2) is 11.6 Å². The first-order valence-corrected chi connectivity index (χ1v) is 7.66. The van der Waals surface area contributed by atoms with Crippen molar-refractivity contribution in [3.8, 4) is 0 Å². The Hall–Kier alpha value is -0.300. The molecule has 0 heterocycles. The van der Waals surface area contributed by atoms with Gasteiger partial charge in [0.15, 0.2) is 0 Å². The van der Waals surface area contributed by atoms with Crippen LogP contribution in [0.3, 0.4) is 0 Å². The molecule has 1 unspecified atom stereocenters. The fourth-order valence-corrected chi connectivity index (χ4v) is 2.99. The summed E-state index contributed by atoms with van der Waals surface area (Å²) in [6.07, 6.45) is 14.5. The van der Waals surface area contributed by atoms with E-state index in [-0.39, 0.29) is 6.10 Å². The summed E-state index contributed by atoms with van der Waals surface area (Å²) < 4.78 is 0. The highest BCUT2D eigenvalue weighted by Gasteiger charge is 2.21. The molecule has 1 heteroatoms. The fraction of sp³-hybridized carbons (Fsp3) is 0.875. The van der Waals surface area contributed by atoms with Crippen LogP contribution >= 0.6 is 0 Å². The minimum Gasteiger partial charge on any atom is -0.388 e. The summed E-state index contributed by atoms with van der Waals surface area (Å²) in [4.78, 5) is 0. The van der Waals surface area contributed by atoms with Gasteiger partial charge in [0.25, 0.3) is 0 Å². The molecule has 1 atom stereocenters. The molecule has 0 fully saturated rings. The van der Waals surface area contributed by atoms with Gasteiger partial charge in [0.2, 0.25) is 0 Å². The summed E-state index contributed by atoms with van der Waals surface area (Å²) in [6, 6.07) is 0. The molecular formula is C16H30O. The molecule has 0 spiro atoms. The second-order valence-electron chi connectivity index (χ2n) is 5.51. The van der Waals surface area contributed by atoms with E-state index in [9.17, 15) is 5.11 Å². The number of rotatable bonds is 6. The van der Waals surface area contributed by atoms with Crippen LogP contribution in [0.5, 0.6) is 0 Å². The van der Waals surface area contributed by atoms with Gasteiger partial charge in [0.05, 0.1) is 6.10 Å². The van der Waals surface area contributed by atoms with Crippen molar-refractivity contribution in [2.24, 2.45) is 5.92 Å². The minimum atomic E-state index is -0.159. The lowest BCUT2D eigenvalue weighted by molar-refractivity contribution is 0.124. The van der Waals surface area contributed by atoms with Gasteiger partial charge in [0.1, 0.15) is 0 Å². The van der Waals surface area contributed by atoms with E-state index in [0.717, 1.165) is 6.42 Å². The van der Waals surface area contributed by atoms with Crippen LogP contribution in [-0.2, 0) is 0 Å². The van der Waals surface area contributed by atoms with Gasteiger partial charge in [-0.25, -0.2) is 0 Å². The third kappa shape index (κ3) is 5.25. The number of aliphatic hydroxyl groups excluding tert-OH is 1. The van der Waals surface area contributed by atoms with Crippen LogP contribution in [0, 0.1) is 5.92 Å². The third-order valence-electron chi connectivity index (χ3n) is 3.97. The van der Waals surface area contributed by atoms with Gasteiger partial charge < -0.3 is 5.11 Å². The first-order valence-electron chi connectivity index (χ1n) is 7.66. The van der Waals surface area contributed by atoms with E-state index in [1.54, 1.807) is 0 Å². The van der Waals surface area contributed by atoms with Gasteiger partial charge in [-0.15, -0.1) is 0 Å². The molecule has 0 amide bonds. The van der Waals surface area contributed by atoms with Crippen molar-refractivity contribution in [1.29, 1.82) is 0 Å². The smallest absolute Gasteiger partial charge is 0.0778 e. The monoisotopic (exact) mass is 238 g/mol. The van der Waals surface area contributed by atoms with Gasteiger partial charge in [0, 0.05) is 0 Å². The van der Waals surface area contributed by atoms with Crippen LogP contribution < -0.4 is 0 Å². The summed E-state index contributed by atoms with van der Waals surface area (Å²) in [5, 5.41) is 10.5. The second-order valence-corrected chi connectivity index (χ2v) is 5.51. The maximum atomic E-state index is 10.5. The highest BCUT2D eigenvalue weighted by atomic mass is 16.3. The zero-order valence-electron chi connectivity index (χ0n) is 11.8. The molecule has 0 aromatic carbocycles. The highest BCUT2D eigenvalue weighted by molar-refractivity contribution is 5.10. The van der Waals surface area contributed by atoms with Crippen molar-refractivity contribution in [3.63, 3.8) is 0 Å². The molecule has 1 aliphatic rings. The quantitative estimate of drug-likeness (QED) is 0.656. The van der Waals surface area contributed by atoms with Crippen molar-refractivity contribution >= 4 is 0 Å². The number of hydrogen-bond donors (Lipinski definition) is 1. The van der Waals surface area contributed by atoms with Gasteiger partial charge in [-0.2, -0.15) is 0 Å². The van der Waals surface area contributed by atoms with Crippen LogP contribution in [0.2, 0.25) is 0 Å². The molecule has 1 aliphatic carbocycles. The first kappa shape index (κ1) is 14.8. The summed E-state index contributed by atoms with van der Waals surface area (Å²) in [5.41, 5.74) is 1.34. The van der Waals surface area contributed by atoms with Crippen LogP contribution in [0.25, 0.3) is 0 Å². The molecule has 0 saturated carbocycles. The molecular weight excluding hydrogens is 208 g/mol. The second kappa shape index (κ2) is 8.74. The van der Waals surface area contributed by atoms with Crippen molar-refractivity contribution < 1.29 is 5.11 Å². The molecule has 0 aliphatic heterocycles. The van der Waals surface area contributed by atoms with Crippen molar-refractivity contribution in [2.45, 2.75) is 84.2 Å². The van der Waals surface area contributed by atoms with Gasteiger partial charge in [-0.05, 0) is 50.0 Å². The summed E-state index contributed by atoms with van der Waals surface area (Å²) in [7, 11) is 0. The fourth-order valence-electron chi connectivity index (χ4n) is 2.99. The largest absolute Gasteiger partial charge is 0.388 e. The Labute approximate surface area is 107 Å². The maximum absolute atomic E-state index is 10.5. The lowest BCUT2D eigenvalue weighted by Gasteiger charge is -2.25. The molecule has 0 aromatic heterocycles. The molecule has 1 nitrogen and oxygen atoms in total. The average molecular weight is 238 g/mol. The van der Waals surface area contributed by atoms with Gasteiger partial charge >= 0.3 is 0 Å². The average Bonchev–Trinajstić information content (AvgIpc) is 2.27. The van der Waals surface area contributed by atoms with E-state index in [1.165, 1.54) is 63.4 Å². The van der Waals surface area contributed by atoms with E-state index in [0.29, 0.717) is 5.92 Å². The Morgan fingerprint density at radius 3 is 2.35 bits per heavy atom. The third-order valence-corrected chi connectivity index (χ3v) is 3.97. The van der Waals surface area contributed by atoms with Crippen molar-refractivity contribution in [2.75, 3.05) is 0 Å². The molecule has 17 heavy (non-hydrogen) atoms. The number of allylic oxidation sites excluding steroid dienone is 1. The van der Waals surface area contributed by atoms with Crippen LogP contribution in [-0.4, -0.2) is 11.2 Å². The predicted octanol–water partition coefficient (Wildman–Crippen LogP) is 4.84. The van der Waals surface area contributed by atoms with E-state index in [2.05, 4.69) is 19.9 Å². The SMILES string of the molecule is CCCC(CCC)C(O)C1=CCCCCCC1. The molecule has 1 rings (SSSR count). The van der Waals surface area contributed by atoms with E-state index in [1.807, 2.05) is 0 Å². The Morgan fingerprint density at radius 1 is 1.06 bits per heavy atom. The summed E-state index contributed by atoms with van der Waals surface area (Å²) >= 11 is 0. The van der Waals surface area contributed by atoms with Crippen molar-refractivity contribution in [3.05, 3.63) is 11.6 Å². The molecule has 0 aromatic rings. The molecule has 0 radical (unpaired) electrons. The predicted molar refractivity (Wildman–Crippen MR) is 75.1 cm³/mol. The van der Waals surface area contributed by atoms with Gasteiger partial charge in [-0.1, -0.05) is 45.6 Å². The molecule has 1 N–H and O–H groups in total. The van der Waals surface area contributed by atoms with E-state index >= 15 is 0 Å². The van der Waals surface area contributed by atoms with Crippen LogP contribution in [0.1, 0.15) is 78.1 Å². The first-order chi connectivity index (χ1) is 8.29. The minimum absolute atomic E-state index is 0.159. The zero-order valence-corrected chi connectivity index (χ0v) is 11.8. The normalized spacial score (nSPS) is 19.6. The molecule has 100 valence electrons. The number of hydrogen-bond acceptors (Lipinski definition) is 1. The van der Waals surface area contributed by atoms with E-state index in [4.69, 9.17) is 0 Å². The van der Waals surface area contributed by atoms with Crippen molar-refractivity contribution in [1.82, 2.24) is 0 Å². The highest BCUT2D eigenvalue weighted by Crippen LogP contribution is 2.28. The summed E-state index contributed by atoms with van der Waals surface area (Å²) in [5.74, 6) is 0.496. The Morgan fingerprint density at radius 2 is 1.71 bits per heavy atom. The van der Waals surface area contributed by atoms with E-state index < -0.39 is 0 Å². The Kier molecular flexibility index (Phi) is 7.59. The Balaban J connectivity index is 2.58. The van der Waals surface area contributed by atoms with Crippen LogP contribution in [0.4, 0.5) is 0 Å². The lowest BCUT2D eigenvalue weighted by atomic mass is 9.85. The van der Waals surface area contributed by atoms with Gasteiger partial charge in [-0.3, -0.25) is 0 Å². The zero-order chi connectivity index (χ0) is 12.5. The molecule has 0 saturated heterocycles. The topological polar surface area (TPSA) is 20.2 Å². The Bertz CT molecular complexity index is 214. The summed E-state index contributed by atoms with van der Waals surface area (Å²) in [6.45, 7) is 4.45. The standard InChI is InChI=1S/C16H30O/c1-3-10-14(11-4-2)16(17)15-12-8-6-5-7-9-13-15/h12,14,16-17H,3-11,13H2,1-2H3.